The number of fused-ring (bicyclic) bond motifs is 10. The highest BCUT2D eigenvalue weighted by molar-refractivity contribution is 7.00. The number of furan rings is 1. The summed E-state index contributed by atoms with van der Waals surface area (Å²) in [4.78, 5) is 5.43. The van der Waals surface area contributed by atoms with Gasteiger partial charge < -0.3 is 14.2 Å². The van der Waals surface area contributed by atoms with E-state index in [-0.39, 0.29) is 50.0 Å². The third kappa shape index (κ3) is 6.78. The van der Waals surface area contributed by atoms with E-state index < -0.39 is 0 Å². The highest BCUT2D eigenvalue weighted by Crippen LogP contribution is 2.57. The number of aryl methyl sites for hydroxylation is 1. The maximum Gasteiger partial charge on any atom is 0.297 e. The van der Waals surface area contributed by atoms with Gasteiger partial charge in [-0.15, -0.1) is 0 Å². The van der Waals surface area contributed by atoms with E-state index in [4.69, 9.17) is 4.42 Å². The van der Waals surface area contributed by atoms with E-state index in [0.29, 0.717) is 0 Å². The molecule has 360 valence electrons. The molecule has 3 aliphatic carbocycles. The van der Waals surface area contributed by atoms with Gasteiger partial charge >= 0.3 is 0 Å². The summed E-state index contributed by atoms with van der Waals surface area (Å²) in [5, 5.41) is 1.23. The molecule has 5 aliphatic rings. The van der Waals surface area contributed by atoms with Crippen LogP contribution in [-0.2, 0) is 43.3 Å². The summed E-state index contributed by atoms with van der Waals surface area (Å²) in [5.41, 5.74) is 25.5. The first-order chi connectivity index (χ1) is 31.8. The van der Waals surface area contributed by atoms with Crippen LogP contribution in [0, 0.1) is 6.92 Å². The predicted octanol–water partition coefficient (Wildman–Crippen LogP) is 16.5. The molecule has 5 aromatic carbocycles. The first-order valence-electron chi connectivity index (χ1n) is 26.7. The van der Waals surface area contributed by atoms with E-state index >= 15 is 0 Å². The molecule has 11 rings (SSSR count). The van der Waals surface area contributed by atoms with Gasteiger partial charge in [0, 0.05) is 33.8 Å². The van der Waals surface area contributed by atoms with Gasteiger partial charge in [-0.3, -0.25) is 0 Å². The minimum atomic E-state index is -0.129. The number of benzene rings is 5. The number of hydrogen-bond donors (Lipinski definition) is 0. The van der Waals surface area contributed by atoms with Crippen LogP contribution in [0.25, 0.3) is 11.0 Å². The third-order valence-electron chi connectivity index (χ3n) is 18.8. The van der Waals surface area contributed by atoms with E-state index in [0.717, 1.165) is 30.5 Å². The normalized spacial score (nSPS) is 20.9. The molecule has 0 atom stereocenters. The van der Waals surface area contributed by atoms with E-state index in [2.05, 4.69) is 214 Å². The topological polar surface area (TPSA) is 19.6 Å². The van der Waals surface area contributed by atoms with Crippen LogP contribution >= 0.6 is 0 Å². The van der Waals surface area contributed by atoms with Gasteiger partial charge in [-0.2, -0.15) is 0 Å². The molecule has 69 heavy (non-hydrogen) atoms. The van der Waals surface area contributed by atoms with Crippen LogP contribution in [0.5, 0.6) is 0 Å². The van der Waals surface area contributed by atoms with Gasteiger partial charge in [0.25, 0.3) is 6.71 Å². The summed E-state index contributed by atoms with van der Waals surface area (Å²) < 4.78 is 7.73. The minimum Gasteiger partial charge on any atom is -0.468 e. The molecule has 0 unspecified atom stereocenters. The van der Waals surface area contributed by atoms with Crippen LogP contribution in [0.3, 0.4) is 0 Å². The summed E-state index contributed by atoms with van der Waals surface area (Å²) in [7, 11) is 0. The third-order valence-corrected chi connectivity index (χ3v) is 18.8. The van der Waals surface area contributed by atoms with Crippen molar-refractivity contribution in [2.45, 2.75) is 213 Å². The van der Waals surface area contributed by atoms with Crippen LogP contribution in [0.4, 0.5) is 34.1 Å². The lowest BCUT2D eigenvalue weighted by molar-refractivity contribution is 0.331. The molecule has 0 amide bonds. The smallest absolute Gasteiger partial charge is 0.297 e. The first-order valence-corrected chi connectivity index (χ1v) is 26.7. The maximum absolute atomic E-state index is 7.73. The van der Waals surface area contributed by atoms with Gasteiger partial charge in [-0.1, -0.05) is 155 Å². The fourth-order valence-corrected chi connectivity index (χ4v) is 13.8. The monoisotopic (exact) mass is 917 g/mol. The Morgan fingerprint density at radius 3 is 1.55 bits per heavy atom. The minimum absolute atomic E-state index is 0.0247. The Balaban J connectivity index is 1.32. The summed E-state index contributed by atoms with van der Waals surface area (Å²) in [6.45, 7) is 46.2. The van der Waals surface area contributed by atoms with Crippen molar-refractivity contribution in [1.82, 2.24) is 0 Å². The quantitative estimate of drug-likeness (QED) is 0.161. The van der Waals surface area contributed by atoms with Gasteiger partial charge in [-0.05, 0) is 192 Å². The van der Waals surface area contributed by atoms with Crippen LogP contribution < -0.4 is 26.4 Å². The standard InChI is InChI=1S/C65H81BN2O/c1-38-32-39(58(2,3)4)20-25-49(38)68-51-34-40(59(5,6)7)33-50-54(51)66(57-55(68)42-36-46-47(37-52(42)69-57)64(16,17)29-28-63(46,14)15)48-24-23-44-53(65(18,19)31-30-61(44,10)11)56(48)67(50)41-21-22-43-45(35-41)62(12,13)27-26-60(43,8)9/h20-25,32-37H,26-31H2,1-19H3. The molecule has 2 aliphatic heterocycles. The summed E-state index contributed by atoms with van der Waals surface area (Å²) in [5.74, 6) is 0. The van der Waals surface area contributed by atoms with E-state index in [9.17, 15) is 0 Å². The van der Waals surface area contributed by atoms with Crippen molar-refractivity contribution in [2.75, 3.05) is 9.80 Å². The maximum atomic E-state index is 7.73. The zero-order valence-electron chi connectivity index (χ0n) is 46.1. The molecule has 0 fully saturated rings. The SMILES string of the molecule is Cc1cc(C(C)(C)C)ccc1N1c2cc(C(C)(C)C)cc3c2B(c2ccc4c(c2N3c2ccc3c(c2)C(C)(C)CCC3(C)C)C(C)(C)CCC4(C)C)c2oc3cc4c(cc3c21)C(C)(C)CCC4(C)C. The average molecular weight is 917 g/mol. The Bertz CT molecular complexity index is 3170. The Hall–Kier alpha value is -4.70. The predicted molar refractivity (Wildman–Crippen MR) is 298 cm³/mol. The fraction of sp³-hybridized carbons (Fsp3) is 0.508. The fourth-order valence-electron chi connectivity index (χ4n) is 13.8. The molecular weight excluding hydrogens is 836 g/mol. The molecule has 0 spiro atoms. The Kier molecular flexibility index (Phi) is 9.64. The molecule has 0 radical (unpaired) electrons. The lowest BCUT2D eigenvalue weighted by Gasteiger charge is -2.49. The van der Waals surface area contributed by atoms with Gasteiger partial charge in [-0.25, -0.2) is 0 Å². The molecule has 1 aromatic heterocycles. The van der Waals surface area contributed by atoms with Gasteiger partial charge in [0.1, 0.15) is 5.58 Å². The van der Waals surface area contributed by atoms with Gasteiger partial charge in [0.2, 0.25) is 0 Å². The second-order valence-electron chi connectivity index (χ2n) is 28.7. The molecule has 0 saturated carbocycles. The molecule has 4 heteroatoms. The van der Waals surface area contributed by atoms with Gasteiger partial charge in [0.15, 0.2) is 0 Å². The highest BCUT2D eigenvalue weighted by Gasteiger charge is 2.52. The zero-order valence-corrected chi connectivity index (χ0v) is 46.1. The lowest BCUT2D eigenvalue weighted by Crippen LogP contribution is -2.62. The van der Waals surface area contributed by atoms with Crippen molar-refractivity contribution < 1.29 is 4.42 Å². The summed E-state index contributed by atoms with van der Waals surface area (Å²) in [6, 6.07) is 30.2. The largest absolute Gasteiger partial charge is 0.468 e. The Labute approximate surface area is 416 Å². The van der Waals surface area contributed by atoms with Gasteiger partial charge in [0.05, 0.1) is 11.3 Å². The molecule has 0 N–H and O–H groups in total. The van der Waals surface area contributed by atoms with Crippen LogP contribution in [0.1, 0.15) is 213 Å². The average Bonchev–Trinajstić information content (AvgIpc) is 3.62. The van der Waals surface area contributed by atoms with Crippen molar-refractivity contribution in [1.29, 1.82) is 0 Å². The van der Waals surface area contributed by atoms with Crippen molar-refractivity contribution in [3.8, 4) is 0 Å². The van der Waals surface area contributed by atoms with Crippen molar-refractivity contribution in [2.24, 2.45) is 0 Å². The lowest BCUT2D eigenvalue weighted by atomic mass is 9.34. The van der Waals surface area contributed by atoms with E-state index in [1.165, 1.54) is 120 Å². The molecular formula is C65H81BN2O. The first kappa shape index (κ1) is 46.7. The molecule has 0 saturated heterocycles. The number of nitrogens with zero attached hydrogens (tertiary/aromatic N) is 2. The second-order valence-corrected chi connectivity index (χ2v) is 28.7. The molecule has 3 nitrogen and oxygen atoms in total. The van der Waals surface area contributed by atoms with Crippen molar-refractivity contribution in [3.05, 3.63) is 123 Å². The van der Waals surface area contributed by atoms with Crippen LogP contribution in [0.15, 0.2) is 77.2 Å². The molecule has 6 aromatic rings. The van der Waals surface area contributed by atoms with Crippen LogP contribution in [0.2, 0.25) is 0 Å². The number of hydrogen-bond acceptors (Lipinski definition) is 3. The Morgan fingerprint density at radius 2 is 0.971 bits per heavy atom. The summed E-state index contributed by atoms with van der Waals surface area (Å²) in [6.07, 6.45) is 7.00. The number of rotatable bonds is 2. The zero-order chi connectivity index (χ0) is 49.7. The van der Waals surface area contributed by atoms with Crippen LogP contribution in [-0.4, -0.2) is 6.71 Å². The van der Waals surface area contributed by atoms with E-state index in [1.807, 2.05) is 0 Å². The second kappa shape index (κ2) is 14.3. The van der Waals surface area contributed by atoms with Crippen molar-refractivity contribution in [3.63, 3.8) is 0 Å². The van der Waals surface area contributed by atoms with Crippen molar-refractivity contribution >= 4 is 68.4 Å². The summed E-state index contributed by atoms with van der Waals surface area (Å²) >= 11 is 0. The highest BCUT2D eigenvalue weighted by atomic mass is 16.3. The molecule has 3 heterocycles. The van der Waals surface area contributed by atoms with E-state index in [1.54, 1.807) is 0 Å². The Morgan fingerprint density at radius 1 is 0.464 bits per heavy atom. The molecule has 0 bridgehead atoms. The number of anilines is 6.